The van der Waals surface area contributed by atoms with E-state index in [4.69, 9.17) is 0 Å². The fourth-order valence-electron chi connectivity index (χ4n) is 1.68. The van der Waals surface area contributed by atoms with Crippen LogP contribution in [0.3, 0.4) is 0 Å². The molecule has 2 nitrogen and oxygen atoms in total. The van der Waals surface area contributed by atoms with Crippen LogP contribution in [-0.4, -0.2) is 33.0 Å². The van der Waals surface area contributed by atoms with E-state index in [1.807, 2.05) is 48.3 Å². The number of hydrogen-bond donors (Lipinski definition) is 0. The molecule has 2 rings (SSSR count). The molecule has 0 fully saturated rings. The van der Waals surface area contributed by atoms with Gasteiger partial charge >= 0.3 is 0 Å². The van der Waals surface area contributed by atoms with Crippen molar-refractivity contribution in [2.75, 3.05) is 23.0 Å². The van der Waals surface area contributed by atoms with Gasteiger partial charge in [0.25, 0.3) is 0 Å². The Morgan fingerprint density at radius 2 is 0.952 bits per heavy atom. The maximum atomic E-state index is 4.03. The predicted octanol–water partition coefficient (Wildman–Crippen LogP) is 4.38. The molecule has 112 valence electrons. The molecule has 2 aromatic rings. The lowest BCUT2D eigenvalue weighted by molar-refractivity contribution is 1.27. The van der Waals surface area contributed by atoms with E-state index in [9.17, 15) is 0 Å². The molecule has 0 saturated heterocycles. The lowest BCUT2D eigenvalue weighted by atomic mass is 10.3. The normalized spacial score (nSPS) is 10.7. The average molecular weight is 337 g/mol. The standard InChI is InChI=1S/C16H20N2S3/c1-5-17-6-2-15(1)13-20-11-9-19-10-12-21-14-16-3-7-18-8-4-16/h1-8H,9-14H2. The molecular formula is C16H20N2S3. The Morgan fingerprint density at radius 3 is 1.38 bits per heavy atom. The quantitative estimate of drug-likeness (QED) is 0.600. The summed E-state index contributed by atoms with van der Waals surface area (Å²) in [5, 5.41) is 0. The van der Waals surface area contributed by atoms with E-state index in [0.29, 0.717) is 0 Å². The van der Waals surface area contributed by atoms with E-state index in [1.165, 1.54) is 34.1 Å². The summed E-state index contributed by atoms with van der Waals surface area (Å²) in [6, 6.07) is 8.37. The van der Waals surface area contributed by atoms with Crippen LogP contribution in [0.2, 0.25) is 0 Å². The molecule has 2 aromatic heterocycles. The zero-order valence-corrected chi connectivity index (χ0v) is 14.4. The summed E-state index contributed by atoms with van der Waals surface area (Å²) in [6.07, 6.45) is 7.46. The topological polar surface area (TPSA) is 25.8 Å². The molecular weight excluding hydrogens is 316 g/mol. The van der Waals surface area contributed by atoms with Gasteiger partial charge in [0.15, 0.2) is 0 Å². The zero-order valence-electron chi connectivity index (χ0n) is 12.0. The van der Waals surface area contributed by atoms with Crippen LogP contribution < -0.4 is 0 Å². The summed E-state index contributed by atoms with van der Waals surface area (Å²) in [5.41, 5.74) is 2.74. The molecule has 0 bridgehead atoms. The summed E-state index contributed by atoms with van der Waals surface area (Å²) in [5.74, 6) is 7.13. The van der Waals surface area contributed by atoms with E-state index >= 15 is 0 Å². The smallest absolute Gasteiger partial charge is 0.0270 e. The van der Waals surface area contributed by atoms with Gasteiger partial charge in [-0.25, -0.2) is 0 Å². The second-order valence-electron chi connectivity index (χ2n) is 4.43. The summed E-state index contributed by atoms with van der Waals surface area (Å²) >= 11 is 6.07. The van der Waals surface area contributed by atoms with Crippen molar-refractivity contribution in [3.8, 4) is 0 Å². The molecule has 0 spiro atoms. The van der Waals surface area contributed by atoms with Crippen LogP contribution in [0.25, 0.3) is 0 Å². The van der Waals surface area contributed by atoms with E-state index < -0.39 is 0 Å². The van der Waals surface area contributed by atoms with E-state index in [1.54, 1.807) is 0 Å². The molecule has 0 aliphatic rings. The van der Waals surface area contributed by atoms with Crippen molar-refractivity contribution in [1.82, 2.24) is 9.97 Å². The minimum atomic E-state index is 1.10. The van der Waals surface area contributed by atoms with Crippen molar-refractivity contribution in [1.29, 1.82) is 0 Å². The van der Waals surface area contributed by atoms with E-state index in [-0.39, 0.29) is 0 Å². The first-order chi connectivity index (χ1) is 10.4. The van der Waals surface area contributed by atoms with E-state index in [2.05, 4.69) is 46.0 Å². The van der Waals surface area contributed by atoms with Crippen molar-refractivity contribution >= 4 is 35.3 Å². The van der Waals surface area contributed by atoms with Gasteiger partial charge in [0, 0.05) is 59.3 Å². The fraction of sp³-hybridized carbons (Fsp3) is 0.375. The number of pyridine rings is 2. The Labute approximate surface area is 139 Å². The van der Waals surface area contributed by atoms with Crippen LogP contribution in [0, 0.1) is 0 Å². The highest BCUT2D eigenvalue weighted by Gasteiger charge is 1.95. The minimum absolute atomic E-state index is 1.10. The largest absolute Gasteiger partial charge is 0.265 e. The van der Waals surface area contributed by atoms with Crippen LogP contribution in [0.15, 0.2) is 49.1 Å². The number of aromatic nitrogens is 2. The molecule has 0 amide bonds. The lowest BCUT2D eigenvalue weighted by Crippen LogP contribution is -1.91. The van der Waals surface area contributed by atoms with Gasteiger partial charge in [-0.15, -0.1) is 0 Å². The molecule has 0 aliphatic heterocycles. The van der Waals surface area contributed by atoms with Crippen LogP contribution in [0.1, 0.15) is 11.1 Å². The van der Waals surface area contributed by atoms with Crippen molar-refractivity contribution in [2.45, 2.75) is 11.5 Å². The number of rotatable bonds is 10. The molecule has 0 aliphatic carbocycles. The maximum absolute atomic E-state index is 4.03. The Balaban J connectivity index is 1.40. The van der Waals surface area contributed by atoms with Gasteiger partial charge in [0.2, 0.25) is 0 Å². The number of thioether (sulfide) groups is 3. The summed E-state index contributed by atoms with van der Waals surface area (Å²) in [6.45, 7) is 0. The van der Waals surface area contributed by atoms with Crippen molar-refractivity contribution in [2.24, 2.45) is 0 Å². The first-order valence-electron chi connectivity index (χ1n) is 6.96. The first-order valence-corrected chi connectivity index (χ1v) is 10.4. The highest BCUT2D eigenvalue weighted by Crippen LogP contribution is 2.16. The third kappa shape index (κ3) is 7.79. The Morgan fingerprint density at radius 1 is 0.571 bits per heavy atom. The maximum Gasteiger partial charge on any atom is 0.0270 e. The summed E-state index contributed by atoms with van der Waals surface area (Å²) in [7, 11) is 0. The highest BCUT2D eigenvalue weighted by atomic mass is 32.2. The monoisotopic (exact) mass is 336 g/mol. The molecule has 0 unspecified atom stereocenters. The van der Waals surface area contributed by atoms with Crippen molar-refractivity contribution < 1.29 is 0 Å². The van der Waals surface area contributed by atoms with Crippen LogP contribution >= 0.6 is 35.3 Å². The lowest BCUT2D eigenvalue weighted by Gasteiger charge is -2.03. The minimum Gasteiger partial charge on any atom is -0.265 e. The number of nitrogens with zero attached hydrogens (tertiary/aromatic N) is 2. The van der Waals surface area contributed by atoms with Crippen LogP contribution in [0.5, 0.6) is 0 Å². The first kappa shape index (κ1) is 16.7. The molecule has 0 N–H and O–H groups in total. The van der Waals surface area contributed by atoms with Gasteiger partial charge in [0.05, 0.1) is 0 Å². The molecule has 21 heavy (non-hydrogen) atoms. The molecule has 0 radical (unpaired) electrons. The summed E-state index contributed by atoms with van der Waals surface area (Å²) < 4.78 is 0. The molecule has 0 saturated carbocycles. The predicted molar refractivity (Wildman–Crippen MR) is 98.1 cm³/mol. The fourth-order valence-corrected chi connectivity index (χ4v) is 4.91. The van der Waals surface area contributed by atoms with Gasteiger partial charge in [-0.05, 0) is 35.4 Å². The Kier molecular flexibility index (Phi) is 8.75. The van der Waals surface area contributed by atoms with Crippen LogP contribution in [-0.2, 0) is 11.5 Å². The van der Waals surface area contributed by atoms with Crippen molar-refractivity contribution in [3.05, 3.63) is 60.2 Å². The average Bonchev–Trinajstić information content (AvgIpc) is 2.55. The molecule has 2 heterocycles. The van der Waals surface area contributed by atoms with Gasteiger partial charge in [-0.1, -0.05) is 0 Å². The molecule has 5 heteroatoms. The SMILES string of the molecule is c1cc(CSCCSCCSCc2ccncc2)ccn1. The van der Waals surface area contributed by atoms with Crippen LogP contribution in [0.4, 0.5) is 0 Å². The second-order valence-corrected chi connectivity index (χ2v) is 7.86. The third-order valence-corrected chi connectivity index (χ3v) is 6.34. The van der Waals surface area contributed by atoms with Gasteiger partial charge in [-0.2, -0.15) is 35.3 Å². The van der Waals surface area contributed by atoms with Gasteiger partial charge < -0.3 is 0 Å². The summed E-state index contributed by atoms with van der Waals surface area (Å²) in [4.78, 5) is 8.07. The Bertz CT molecular complexity index is 434. The van der Waals surface area contributed by atoms with Crippen molar-refractivity contribution in [3.63, 3.8) is 0 Å². The molecule has 0 atom stereocenters. The number of hydrogen-bond acceptors (Lipinski definition) is 5. The van der Waals surface area contributed by atoms with E-state index in [0.717, 1.165) is 11.5 Å². The second kappa shape index (κ2) is 11.0. The molecule has 0 aromatic carbocycles. The third-order valence-electron chi connectivity index (χ3n) is 2.78. The zero-order chi connectivity index (χ0) is 14.6. The van der Waals surface area contributed by atoms with Gasteiger partial charge in [-0.3, -0.25) is 9.97 Å². The van der Waals surface area contributed by atoms with Gasteiger partial charge in [0.1, 0.15) is 0 Å². The Hall–Kier alpha value is -0.650. The highest BCUT2D eigenvalue weighted by molar-refractivity contribution is 8.04.